The van der Waals surface area contributed by atoms with Gasteiger partial charge in [-0.1, -0.05) is 20.8 Å². The molecule has 1 aliphatic rings. The van der Waals surface area contributed by atoms with Crippen LogP contribution in [0.3, 0.4) is 0 Å². The molecule has 1 N–H and O–H groups in total. The lowest BCUT2D eigenvalue weighted by Gasteiger charge is -2.41. The third kappa shape index (κ3) is 3.58. The Hall–Kier alpha value is -0.853. The summed E-state index contributed by atoms with van der Waals surface area (Å²) in [5.74, 6) is -0.411. The zero-order valence-corrected chi connectivity index (χ0v) is 13.8. The van der Waals surface area contributed by atoms with Crippen molar-refractivity contribution < 1.29 is 18.8 Å². The van der Waals surface area contributed by atoms with Gasteiger partial charge >= 0.3 is 5.97 Å². The van der Waals surface area contributed by atoms with Crippen LogP contribution in [0.4, 0.5) is 0 Å². The van der Waals surface area contributed by atoms with Gasteiger partial charge in [0.15, 0.2) is 9.04 Å². The van der Waals surface area contributed by atoms with Crippen LogP contribution >= 0.6 is 0 Å². The molecule has 0 amide bonds. The maximum atomic E-state index is 12.3. The molecule has 19 heavy (non-hydrogen) atoms. The van der Waals surface area contributed by atoms with Gasteiger partial charge < -0.3 is 9.16 Å². The standard InChI is InChI=1S/C13H25NO4Si/c1-7-16-11(15)13(8-9-14-18-13)10(12(2,3)4)17-19(5)6/h8-10,14,19H,7H2,1-6H3. The number of hydrogen-bond acceptors (Lipinski definition) is 5. The number of carbonyl (C=O) groups excluding carboxylic acids is 1. The molecule has 0 aliphatic carbocycles. The van der Waals surface area contributed by atoms with Crippen molar-refractivity contribution in [1.29, 1.82) is 0 Å². The number of ether oxygens (including phenoxy) is 1. The molecule has 0 fully saturated rings. The van der Waals surface area contributed by atoms with E-state index in [0.29, 0.717) is 6.61 Å². The summed E-state index contributed by atoms with van der Waals surface area (Å²) in [6.45, 7) is 12.3. The summed E-state index contributed by atoms with van der Waals surface area (Å²) in [7, 11) is -1.34. The number of rotatable bonds is 5. The van der Waals surface area contributed by atoms with E-state index in [0.717, 1.165) is 0 Å². The average Bonchev–Trinajstić information content (AvgIpc) is 2.74. The van der Waals surface area contributed by atoms with Gasteiger partial charge in [-0.3, -0.25) is 10.3 Å². The van der Waals surface area contributed by atoms with Crippen LogP contribution in [0.25, 0.3) is 0 Å². The molecular weight excluding hydrogens is 262 g/mol. The highest BCUT2D eigenvalue weighted by atomic mass is 28.3. The highest BCUT2D eigenvalue weighted by Crippen LogP contribution is 2.37. The molecule has 0 bridgehead atoms. The van der Waals surface area contributed by atoms with Crippen molar-refractivity contribution in [2.45, 2.75) is 52.5 Å². The second kappa shape index (κ2) is 6.07. The first kappa shape index (κ1) is 16.2. The molecule has 2 atom stereocenters. The quantitative estimate of drug-likeness (QED) is 0.617. The fourth-order valence-electron chi connectivity index (χ4n) is 2.15. The van der Waals surface area contributed by atoms with E-state index < -0.39 is 26.7 Å². The smallest absolute Gasteiger partial charge is 0.348 e. The summed E-state index contributed by atoms with van der Waals surface area (Å²) < 4.78 is 11.3. The van der Waals surface area contributed by atoms with Crippen molar-refractivity contribution >= 4 is 15.0 Å². The van der Waals surface area contributed by atoms with Gasteiger partial charge in [0.05, 0.1) is 12.7 Å². The van der Waals surface area contributed by atoms with E-state index in [4.69, 9.17) is 14.0 Å². The normalized spacial score (nSPS) is 24.4. The minimum absolute atomic E-state index is 0.250. The SMILES string of the molecule is CCOC(=O)C1(C(O[SiH](C)C)C(C)(C)C)C=CNO1. The highest BCUT2D eigenvalue weighted by Gasteiger charge is 2.54. The summed E-state index contributed by atoms with van der Waals surface area (Å²) in [5, 5.41) is 0. The largest absolute Gasteiger partial charge is 0.463 e. The van der Waals surface area contributed by atoms with Gasteiger partial charge in [0.2, 0.25) is 5.60 Å². The maximum absolute atomic E-state index is 12.3. The van der Waals surface area contributed by atoms with Crippen molar-refractivity contribution in [1.82, 2.24) is 5.48 Å². The van der Waals surface area contributed by atoms with Crippen molar-refractivity contribution in [3.63, 3.8) is 0 Å². The fourth-order valence-corrected chi connectivity index (χ4v) is 3.30. The monoisotopic (exact) mass is 287 g/mol. The molecule has 2 unspecified atom stereocenters. The van der Waals surface area contributed by atoms with E-state index in [2.05, 4.69) is 18.6 Å². The van der Waals surface area contributed by atoms with Crippen molar-refractivity contribution in [3.8, 4) is 0 Å². The minimum Gasteiger partial charge on any atom is -0.463 e. The number of esters is 1. The van der Waals surface area contributed by atoms with Crippen LogP contribution in [0.2, 0.25) is 13.1 Å². The lowest BCUT2D eigenvalue weighted by atomic mass is 9.78. The number of hydroxylamine groups is 1. The van der Waals surface area contributed by atoms with Crippen molar-refractivity contribution in [2.75, 3.05) is 6.61 Å². The molecule has 0 aromatic heterocycles. The Kier molecular flexibility index (Phi) is 5.17. The van der Waals surface area contributed by atoms with E-state index in [1.165, 1.54) is 0 Å². The highest BCUT2D eigenvalue weighted by molar-refractivity contribution is 6.48. The Bertz CT molecular complexity index is 351. The molecule has 110 valence electrons. The van der Waals surface area contributed by atoms with Crippen LogP contribution in [-0.4, -0.2) is 33.3 Å². The summed E-state index contributed by atoms with van der Waals surface area (Å²) in [4.78, 5) is 17.8. The zero-order valence-electron chi connectivity index (χ0n) is 12.6. The second-order valence-electron chi connectivity index (χ2n) is 6.00. The molecule has 0 aromatic carbocycles. The van der Waals surface area contributed by atoms with E-state index in [1.807, 2.05) is 20.8 Å². The zero-order chi connectivity index (χ0) is 14.7. The predicted octanol–water partition coefficient (Wildman–Crippen LogP) is 1.75. The fraction of sp³-hybridized carbons (Fsp3) is 0.769. The Labute approximate surface area is 117 Å². The average molecular weight is 287 g/mol. The first-order chi connectivity index (χ1) is 8.74. The molecule has 5 nitrogen and oxygen atoms in total. The minimum atomic E-state index is -1.34. The van der Waals surface area contributed by atoms with E-state index in [9.17, 15) is 4.79 Å². The van der Waals surface area contributed by atoms with Crippen LogP contribution < -0.4 is 5.48 Å². The number of carbonyl (C=O) groups is 1. The summed E-state index contributed by atoms with van der Waals surface area (Å²) in [6.07, 6.45) is 2.91. The van der Waals surface area contributed by atoms with Crippen LogP contribution in [-0.2, 0) is 18.8 Å². The van der Waals surface area contributed by atoms with Gasteiger partial charge in [0.25, 0.3) is 0 Å². The van der Waals surface area contributed by atoms with E-state index >= 15 is 0 Å². The van der Waals surface area contributed by atoms with Gasteiger partial charge in [-0.05, 0) is 31.5 Å². The first-order valence-electron chi connectivity index (χ1n) is 6.68. The van der Waals surface area contributed by atoms with Gasteiger partial charge in [-0.2, -0.15) is 0 Å². The van der Waals surface area contributed by atoms with Gasteiger partial charge in [-0.25, -0.2) is 4.79 Å². The van der Waals surface area contributed by atoms with Crippen LogP contribution in [0.5, 0.6) is 0 Å². The van der Waals surface area contributed by atoms with Gasteiger partial charge in [0, 0.05) is 6.20 Å². The molecule has 0 spiro atoms. The van der Waals surface area contributed by atoms with Gasteiger partial charge in [-0.15, -0.1) is 0 Å². The van der Waals surface area contributed by atoms with Crippen molar-refractivity contribution in [3.05, 3.63) is 12.3 Å². The second-order valence-corrected chi connectivity index (χ2v) is 8.37. The predicted molar refractivity (Wildman–Crippen MR) is 75.9 cm³/mol. The Morgan fingerprint density at radius 3 is 2.47 bits per heavy atom. The van der Waals surface area contributed by atoms with Crippen LogP contribution in [0.15, 0.2) is 12.3 Å². The summed E-state index contributed by atoms with van der Waals surface area (Å²) in [5.41, 5.74) is 1.18. The lowest BCUT2D eigenvalue weighted by Crippen LogP contribution is -2.58. The first-order valence-corrected chi connectivity index (χ1v) is 9.46. The Morgan fingerprint density at radius 1 is 1.47 bits per heavy atom. The van der Waals surface area contributed by atoms with Gasteiger partial charge in [0.1, 0.15) is 0 Å². The summed E-state index contributed by atoms with van der Waals surface area (Å²) in [6, 6.07) is 0. The molecule has 1 heterocycles. The summed E-state index contributed by atoms with van der Waals surface area (Å²) >= 11 is 0. The maximum Gasteiger partial charge on any atom is 0.348 e. The van der Waals surface area contributed by atoms with E-state index in [1.54, 1.807) is 19.2 Å². The molecule has 1 rings (SSSR count). The molecule has 6 heteroatoms. The Balaban J connectivity index is 3.12. The van der Waals surface area contributed by atoms with Crippen LogP contribution in [0, 0.1) is 5.41 Å². The molecule has 0 saturated heterocycles. The van der Waals surface area contributed by atoms with Crippen LogP contribution in [0.1, 0.15) is 27.7 Å². The van der Waals surface area contributed by atoms with Crippen molar-refractivity contribution in [2.24, 2.45) is 5.41 Å². The third-order valence-corrected chi connectivity index (χ3v) is 3.62. The number of nitrogens with one attached hydrogen (secondary N) is 1. The molecule has 0 aromatic rings. The third-order valence-electron chi connectivity index (χ3n) is 2.81. The molecule has 0 radical (unpaired) electrons. The molecule has 1 aliphatic heterocycles. The Morgan fingerprint density at radius 2 is 2.11 bits per heavy atom. The lowest BCUT2D eigenvalue weighted by molar-refractivity contribution is -0.189. The topological polar surface area (TPSA) is 56.8 Å². The molecule has 0 saturated carbocycles. The molecular formula is C13H25NO4Si. The number of hydrogen-bond donors (Lipinski definition) is 1. The van der Waals surface area contributed by atoms with E-state index in [-0.39, 0.29) is 5.41 Å².